The molecule has 3 amide bonds. The lowest BCUT2D eigenvalue weighted by Crippen LogP contribution is -2.41. The predicted octanol–water partition coefficient (Wildman–Crippen LogP) is 7.42. The lowest BCUT2D eigenvalue weighted by molar-refractivity contribution is -0.384. The third kappa shape index (κ3) is 5.47. The quantitative estimate of drug-likeness (QED) is 0.133. The Hall–Kier alpha value is -3.55. The first-order chi connectivity index (χ1) is 18.6. The van der Waals surface area contributed by atoms with Crippen LogP contribution < -0.4 is 16.2 Å². The van der Waals surface area contributed by atoms with E-state index in [0.717, 1.165) is 25.9 Å². The molecule has 0 radical (unpaired) electrons. The highest BCUT2D eigenvalue weighted by Gasteiger charge is 2.20. The van der Waals surface area contributed by atoms with Gasteiger partial charge in [0.15, 0.2) is 0 Å². The van der Waals surface area contributed by atoms with Crippen LogP contribution in [-0.2, 0) is 0 Å². The number of nitro groups is 1. The van der Waals surface area contributed by atoms with Crippen molar-refractivity contribution in [2.45, 2.75) is 0 Å². The standard InChI is InChI=1S/C25H13BrCl2N4O5S2/c26-12-3-7-15-17(9-12)38-22(20(15)28)25(35)31-30-23(33)11-1-4-13(5-2-11)29-24(34)21-19(27)16-8-6-14(32(36)37)10-18(16)39-21/h1-10H,(H,29,34)(H,30,33)(H,31,35). The molecule has 2 heterocycles. The maximum Gasteiger partial charge on any atom is 0.281 e. The molecule has 0 saturated carbocycles. The molecule has 0 aliphatic rings. The van der Waals surface area contributed by atoms with Gasteiger partial charge in [0.1, 0.15) is 9.75 Å². The fourth-order valence-corrected chi connectivity index (χ4v) is 7.04. The minimum absolute atomic E-state index is 0.0995. The van der Waals surface area contributed by atoms with Crippen LogP contribution in [0.15, 0.2) is 65.1 Å². The van der Waals surface area contributed by atoms with Crippen molar-refractivity contribution < 1.29 is 19.3 Å². The van der Waals surface area contributed by atoms with Crippen molar-refractivity contribution in [2.75, 3.05) is 5.32 Å². The highest BCUT2D eigenvalue weighted by Crippen LogP contribution is 2.38. The molecule has 0 fully saturated rings. The van der Waals surface area contributed by atoms with E-state index >= 15 is 0 Å². The molecule has 0 aliphatic heterocycles. The van der Waals surface area contributed by atoms with Crippen molar-refractivity contribution in [1.29, 1.82) is 0 Å². The van der Waals surface area contributed by atoms with E-state index in [1.54, 1.807) is 6.07 Å². The Bertz CT molecular complexity index is 1820. The molecule has 0 aliphatic carbocycles. The second-order valence-electron chi connectivity index (χ2n) is 8.01. The summed E-state index contributed by atoms with van der Waals surface area (Å²) in [5.41, 5.74) is 5.23. The van der Waals surface area contributed by atoms with Gasteiger partial charge in [0.2, 0.25) is 0 Å². The number of anilines is 1. The monoisotopic (exact) mass is 662 g/mol. The summed E-state index contributed by atoms with van der Waals surface area (Å²) < 4.78 is 2.19. The molecule has 0 spiro atoms. The average molecular weight is 664 g/mol. The smallest absolute Gasteiger partial charge is 0.281 e. The molecule has 196 valence electrons. The molecule has 2 aromatic heterocycles. The molecule has 0 bridgehead atoms. The van der Waals surface area contributed by atoms with Gasteiger partial charge in [0, 0.05) is 48.0 Å². The van der Waals surface area contributed by atoms with Gasteiger partial charge in [-0.1, -0.05) is 45.2 Å². The van der Waals surface area contributed by atoms with Gasteiger partial charge in [0.25, 0.3) is 23.4 Å². The number of hydrogen-bond acceptors (Lipinski definition) is 7. The number of carbonyl (C=O) groups is 3. The third-order valence-electron chi connectivity index (χ3n) is 5.52. The summed E-state index contributed by atoms with van der Waals surface area (Å²) >= 11 is 18.3. The molecule has 0 unspecified atom stereocenters. The van der Waals surface area contributed by atoms with Crippen LogP contribution in [0.4, 0.5) is 11.4 Å². The molecule has 3 N–H and O–H groups in total. The summed E-state index contributed by atoms with van der Waals surface area (Å²) in [7, 11) is 0. The van der Waals surface area contributed by atoms with E-state index in [2.05, 4.69) is 32.1 Å². The average Bonchev–Trinajstić information content (AvgIpc) is 3.43. The predicted molar refractivity (Wildman–Crippen MR) is 157 cm³/mol. The lowest BCUT2D eigenvalue weighted by Gasteiger charge is -2.08. The Morgan fingerprint density at radius 2 is 1.33 bits per heavy atom. The molecule has 14 heteroatoms. The van der Waals surface area contributed by atoms with E-state index in [-0.39, 0.29) is 26.0 Å². The van der Waals surface area contributed by atoms with Gasteiger partial charge >= 0.3 is 0 Å². The molecule has 39 heavy (non-hydrogen) atoms. The number of carbonyl (C=O) groups excluding carboxylic acids is 3. The summed E-state index contributed by atoms with van der Waals surface area (Å²) in [5, 5.41) is 15.5. The van der Waals surface area contributed by atoms with Crippen molar-refractivity contribution in [1.82, 2.24) is 10.9 Å². The molecule has 5 aromatic rings. The number of benzene rings is 3. The van der Waals surface area contributed by atoms with Crippen LogP contribution in [0.5, 0.6) is 0 Å². The second-order valence-corrected chi connectivity index (χ2v) is 11.8. The fourth-order valence-electron chi connectivity index (χ4n) is 3.63. The second kappa shape index (κ2) is 10.9. The molecular weight excluding hydrogens is 651 g/mol. The largest absolute Gasteiger partial charge is 0.321 e. The van der Waals surface area contributed by atoms with Crippen LogP contribution >= 0.6 is 61.8 Å². The SMILES string of the molecule is O=C(NNC(=O)c1sc2cc(Br)ccc2c1Cl)c1ccc(NC(=O)c2sc3cc([N+](=O)[O-])ccc3c2Cl)cc1. The van der Waals surface area contributed by atoms with Crippen LogP contribution in [-0.4, -0.2) is 22.6 Å². The van der Waals surface area contributed by atoms with Gasteiger partial charge in [-0.25, -0.2) is 0 Å². The number of rotatable bonds is 5. The number of amides is 3. The molecule has 9 nitrogen and oxygen atoms in total. The fraction of sp³-hybridized carbons (Fsp3) is 0. The minimum atomic E-state index is -0.574. The summed E-state index contributed by atoms with van der Waals surface area (Å²) in [4.78, 5) is 48.9. The summed E-state index contributed by atoms with van der Waals surface area (Å²) in [6, 6.07) is 15.6. The maximum absolute atomic E-state index is 12.8. The van der Waals surface area contributed by atoms with Crippen molar-refractivity contribution in [3.8, 4) is 0 Å². The van der Waals surface area contributed by atoms with E-state index in [4.69, 9.17) is 23.2 Å². The van der Waals surface area contributed by atoms with E-state index in [0.29, 0.717) is 20.8 Å². The van der Waals surface area contributed by atoms with Crippen LogP contribution in [0.25, 0.3) is 20.2 Å². The third-order valence-corrected chi connectivity index (χ3v) is 9.33. The summed E-state index contributed by atoms with van der Waals surface area (Å²) in [5.74, 6) is -1.63. The Labute approximate surface area is 246 Å². The van der Waals surface area contributed by atoms with Gasteiger partial charge in [-0.3, -0.25) is 35.3 Å². The normalized spacial score (nSPS) is 10.9. The summed E-state index contributed by atoms with van der Waals surface area (Å²) in [6.07, 6.45) is 0. The Morgan fingerprint density at radius 3 is 1.97 bits per heavy atom. The lowest BCUT2D eigenvalue weighted by atomic mass is 10.2. The first-order valence-electron chi connectivity index (χ1n) is 10.9. The molecule has 5 rings (SSSR count). The highest BCUT2D eigenvalue weighted by atomic mass is 79.9. The topological polar surface area (TPSA) is 130 Å². The first-order valence-corrected chi connectivity index (χ1v) is 14.1. The zero-order valence-electron chi connectivity index (χ0n) is 19.2. The number of nitrogens with zero attached hydrogens (tertiary/aromatic N) is 1. The van der Waals surface area contributed by atoms with Crippen molar-refractivity contribution in [2.24, 2.45) is 0 Å². The van der Waals surface area contributed by atoms with Crippen LogP contribution in [0.3, 0.4) is 0 Å². The van der Waals surface area contributed by atoms with Gasteiger partial charge in [-0.2, -0.15) is 0 Å². The number of nitrogens with one attached hydrogen (secondary N) is 3. The highest BCUT2D eigenvalue weighted by molar-refractivity contribution is 9.10. The zero-order chi connectivity index (χ0) is 27.8. The molecule has 0 saturated heterocycles. The van der Waals surface area contributed by atoms with Gasteiger partial charge < -0.3 is 5.32 Å². The Balaban J connectivity index is 1.23. The van der Waals surface area contributed by atoms with E-state index in [1.807, 2.05) is 12.1 Å². The van der Waals surface area contributed by atoms with Crippen molar-refractivity contribution in [3.05, 3.63) is 101 Å². The molecular formula is C25H13BrCl2N4O5S2. The number of thiophene rings is 2. The number of hydrazine groups is 1. The number of hydrogen-bond donors (Lipinski definition) is 3. The molecule has 0 atom stereocenters. The number of halogens is 3. The maximum atomic E-state index is 12.8. The van der Waals surface area contributed by atoms with Gasteiger partial charge in [0.05, 0.1) is 15.0 Å². The number of non-ortho nitro benzene ring substituents is 1. The van der Waals surface area contributed by atoms with E-state index in [1.165, 1.54) is 53.8 Å². The van der Waals surface area contributed by atoms with Crippen LogP contribution in [0.1, 0.15) is 29.7 Å². The number of nitro benzene ring substituents is 1. The summed E-state index contributed by atoms with van der Waals surface area (Å²) in [6.45, 7) is 0. The zero-order valence-corrected chi connectivity index (χ0v) is 23.9. The Kier molecular flexibility index (Phi) is 7.56. The molecule has 3 aromatic carbocycles. The Morgan fingerprint density at radius 1 is 0.769 bits per heavy atom. The van der Waals surface area contributed by atoms with Crippen molar-refractivity contribution in [3.63, 3.8) is 0 Å². The number of fused-ring (bicyclic) bond motifs is 2. The van der Waals surface area contributed by atoms with Gasteiger partial charge in [-0.15, -0.1) is 22.7 Å². The van der Waals surface area contributed by atoms with Crippen LogP contribution in [0, 0.1) is 10.1 Å². The van der Waals surface area contributed by atoms with E-state index in [9.17, 15) is 24.5 Å². The van der Waals surface area contributed by atoms with Gasteiger partial charge in [-0.05, 0) is 42.5 Å². The van der Waals surface area contributed by atoms with E-state index < -0.39 is 22.6 Å². The minimum Gasteiger partial charge on any atom is -0.321 e. The van der Waals surface area contributed by atoms with Crippen molar-refractivity contribution >= 4 is 111 Å². The first kappa shape index (κ1) is 27.0. The van der Waals surface area contributed by atoms with Crippen LogP contribution in [0.2, 0.25) is 10.0 Å².